The molecule has 23 heavy (non-hydrogen) atoms. The van der Waals surface area contributed by atoms with Crippen molar-refractivity contribution < 1.29 is 19.5 Å². The van der Waals surface area contributed by atoms with E-state index in [0.29, 0.717) is 24.4 Å². The summed E-state index contributed by atoms with van der Waals surface area (Å²) < 4.78 is 0. The number of hydrogen-bond acceptors (Lipinski definition) is 3. The average molecular weight is 317 g/mol. The Balaban J connectivity index is 1.95. The third kappa shape index (κ3) is 4.18. The number of hydrogen-bond donors (Lipinski definition) is 1. The maximum absolute atomic E-state index is 12.3. The third-order valence-corrected chi connectivity index (χ3v) is 4.18. The maximum Gasteiger partial charge on any atom is 0.331 e. The molecule has 1 heterocycles. The molecule has 1 aromatic rings. The molecule has 2 rings (SSSR count). The fraction of sp³-hybridized carbons (Fsp3) is 0.500. The number of Topliss-reactive ketones (excluding diaryl/α,β-unsaturated/α-hetero) is 1. The van der Waals surface area contributed by atoms with Crippen molar-refractivity contribution >= 4 is 17.7 Å². The number of carboxylic acid groups (broad SMARTS) is 1. The van der Waals surface area contributed by atoms with Crippen LogP contribution in [0.3, 0.4) is 0 Å². The van der Waals surface area contributed by atoms with Crippen molar-refractivity contribution in [1.82, 2.24) is 4.90 Å². The van der Waals surface area contributed by atoms with E-state index in [9.17, 15) is 19.5 Å². The van der Waals surface area contributed by atoms with Crippen LogP contribution in [0, 0.1) is 11.8 Å². The summed E-state index contributed by atoms with van der Waals surface area (Å²) in [5, 5.41) is 9.43. The van der Waals surface area contributed by atoms with Crippen LogP contribution >= 0.6 is 0 Å². The summed E-state index contributed by atoms with van der Waals surface area (Å²) in [5.74, 6) is -1.10. The Kier molecular flexibility index (Phi) is 5.53. The molecule has 0 saturated carbocycles. The van der Waals surface area contributed by atoms with Crippen LogP contribution in [0.25, 0.3) is 0 Å². The van der Waals surface area contributed by atoms with Crippen LogP contribution in [0.4, 0.5) is 0 Å². The Morgan fingerprint density at radius 2 is 1.91 bits per heavy atom. The van der Waals surface area contributed by atoms with Gasteiger partial charge in [-0.25, -0.2) is 4.79 Å². The summed E-state index contributed by atoms with van der Waals surface area (Å²) >= 11 is 0. The molecule has 1 fully saturated rings. The molecule has 0 radical (unpaired) electrons. The SMILES string of the molecule is CC(C)CCC(=O)CC1CN([C@@H](C(=O)O)c2ccccc2)C1=O. The van der Waals surface area contributed by atoms with E-state index < -0.39 is 12.0 Å². The normalized spacial score (nSPS) is 18.7. The van der Waals surface area contributed by atoms with E-state index in [4.69, 9.17) is 0 Å². The molecule has 1 aliphatic heterocycles. The van der Waals surface area contributed by atoms with Gasteiger partial charge in [-0.15, -0.1) is 0 Å². The summed E-state index contributed by atoms with van der Waals surface area (Å²) in [6.45, 7) is 4.44. The molecule has 5 heteroatoms. The van der Waals surface area contributed by atoms with Gasteiger partial charge >= 0.3 is 5.97 Å². The fourth-order valence-corrected chi connectivity index (χ4v) is 2.83. The van der Waals surface area contributed by atoms with Crippen LogP contribution in [-0.2, 0) is 14.4 Å². The summed E-state index contributed by atoms with van der Waals surface area (Å²) in [5.41, 5.74) is 0.581. The molecule has 0 spiro atoms. The summed E-state index contributed by atoms with van der Waals surface area (Å²) in [6, 6.07) is 7.74. The van der Waals surface area contributed by atoms with Crippen LogP contribution in [0.5, 0.6) is 0 Å². The Morgan fingerprint density at radius 1 is 1.26 bits per heavy atom. The highest BCUT2D eigenvalue weighted by molar-refractivity contribution is 5.93. The van der Waals surface area contributed by atoms with Crippen molar-refractivity contribution in [2.24, 2.45) is 11.8 Å². The maximum atomic E-state index is 12.3. The number of benzene rings is 1. The van der Waals surface area contributed by atoms with E-state index in [2.05, 4.69) is 13.8 Å². The monoisotopic (exact) mass is 317 g/mol. The second-order valence-electron chi connectivity index (χ2n) is 6.51. The van der Waals surface area contributed by atoms with Gasteiger partial charge in [-0.1, -0.05) is 44.2 Å². The number of β-lactam (4-membered cyclic amide) rings is 1. The highest BCUT2D eigenvalue weighted by Crippen LogP contribution is 2.32. The predicted molar refractivity (Wildman–Crippen MR) is 85.7 cm³/mol. The Morgan fingerprint density at radius 3 is 2.43 bits per heavy atom. The topological polar surface area (TPSA) is 74.7 Å². The van der Waals surface area contributed by atoms with Gasteiger partial charge in [-0.3, -0.25) is 9.59 Å². The van der Waals surface area contributed by atoms with E-state index in [1.807, 2.05) is 0 Å². The van der Waals surface area contributed by atoms with Crippen molar-refractivity contribution in [3.05, 3.63) is 35.9 Å². The number of carboxylic acids is 1. The Hall–Kier alpha value is -2.17. The number of aliphatic carboxylic acids is 1. The van der Waals surface area contributed by atoms with Crippen LogP contribution in [-0.4, -0.2) is 34.2 Å². The van der Waals surface area contributed by atoms with Crippen molar-refractivity contribution in [2.75, 3.05) is 6.54 Å². The van der Waals surface area contributed by atoms with E-state index in [0.717, 1.165) is 6.42 Å². The van der Waals surface area contributed by atoms with Gasteiger partial charge in [0.15, 0.2) is 6.04 Å². The minimum Gasteiger partial charge on any atom is -0.479 e. The van der Waals surface area contributed by atoms with Crippen LogP contribution in [0.1, 0.15) is 44.7 Å². The molecule has 1 saturated heterocycles. The largest absolute Gasteiger partial charge is 0.479 e. The third-order valence-electron chi connectivity index (χ3n) is 4.18. The molecule has 1 amide bonds. The Labute approximate surface area is 136 Å². The lowest BCUT2D eigenvalue weighted by molar-refractivity contribution is -0.163. The first-order valence-corrected chi connectivity index (χ1v) is 8.00. The van der Waals surface area contributed by atoms with Gasteiger partial charge in [0.25, 0.3) is 0 Å². The van der Waals surface area contributed by atoms with Crippen molar-refractivity contribution in [2.45, 2.75) is 39.2 Å². The molecule has 2 atom stereocenters. The number of ketones is 1. The molecular formula is C18H23NO4. The standard InChI is InChI=1S/C18H23NO4/c1-12(2)8-9-15(20)10-14-11-19(17(14)21)16(18(22)23)13-6-4-3-5-7-13/h3-7,12,14,16H,8-11H2,1-2H3,(H,22,23)/t14?,16-/m1/s1. The van der Waals surface area contributed by atoms with Gasteiger partial charge in [0.2, 0.25) is 5.91 Å². The average Bonchev–Trinajstić information content (AvgIpc) is 2.52. The summed E-state index contributed by atoms with van der Waals surface area (Å²) in [4.78, 5) is 37.0. The lowest BCUT2D eigenvalue weighted by atomic mass is 9.88. The predicted octanol–water partition coefficient (Wildman–Crippen LogP) is 2.67. The number of rotatable bonds is 8. The lowest BCUT2D eigenvalue weighted by Crippen LogP contribution is -2.56. The number of nitrogens with zero attached hydrogens (tertiary/aromatic N) is 1. The zero-order valence-electron chi connectivity index (χ0n) is 13.6. The first kappa shape index (κ1) is 17.2. The van der Waals surface area contributed by atoms with E-state index in [1.165, 1.54) is 4.90 Å². The van der Waals surface area contributed by atoms with Gasteiger partial charge in [-0.2, -0.15) is 0 Å². The van der Waals surface area contributed by atoms with Crippen LogP contribution in [0.2, 0.25) is 0 Å². The van der Waals surface area contributed by atoms with Gasteiger partial charge in [0.1, 0.15) is 5.78 Å². The van der Waals surface area contributed by atoms with Crippen molar-refractivity contribution in [3.8, 4) is 0 Å². The molecule has 1 aliphatic rings. The quantitative estimate of drug-likeness (QED) is 0.748. The van der Waals surface area contributed by atoms with Gasteiger partial charge in [0, 0.05) is 19.4 Å². The molecule has 1 aromatic carbocycles. The van der Waals surface area contributed by atoms with E-state index in [-0.39, 0.29) is 24.0 Å². The molecule has 124 valence electrons. The summed E-state index contributed by atoms with van der Waals surface area (Å²) in [6.07, 6.45) is 1.54. The van der Waals surface area contributed by atoms with Gasteiger partial charge in [0.05, 0.1) is 5.92 Å². The second kappa shape index (κ2) is 7.40. The fourth-order valence-electron chi connectivity index (χ4n) is 2.83. The molecular weight excluding hydrogens is 294 g/mol. The number of carbonyl (C=O) groups is 3. The zero-order valence-corrected chi connectivity index (χ0v) is 13.6. The molecule has 1 N–H and O–H groups in total. The molecule has 0 bridgehead atoms. The zero-order chi connectivity index (χ0) is 17.0. The highest BCUT2D eigenvalue weighted by Gasteiger charge is 2.44. The highest BCUT2D eigenvalue weighted by atomic mass is 16.4. The lowest BCUT2D eigenvalue weighted by Gasteiger charge is -2.42. The number of likely N-dealkylation sites (tertiary alicyclic amines) is 1. The molecule has 0 aromatic heterocycles. The number of amides is 1. The molecule has 0 aliphatic carbocycles. The van der Waals surface area contributed by atoms with Crippen LogP contribution in [0.15, 0.2) is 30.3 Å². The summed E-state index contributed by atoms with van der Waals surface area (Å²) in [7, 11) is 0. The van der Waals surface area contributed by atoms with E-state index in [1.54, 1.807) is 30.3 Å². The van der Waals surface area contributed by atoms with Gasteiger partial charge < -0.3 is 10.0 Å². The van der Waals surface area contributed by atoms with Crippen LogP contribution < -0.4 is 0 Å². The smallest absolute Gasteiger partial charge is 0.331 e. The van der Waals surface area contributed by atoms with Crippen molar-refractivity contribution in [3.63, 3.8) is 0 Å². The second-order valence-corrected chi connectivity index (χ2v) is 6.51. The number of carbonyl (C=O) groups excluding carboxylic acids is 2. The Bertz CT molecular complexity index is 582. The van der Waals surface area contributed by atoms with E-state index >= 15 is 0 Å². The molecule has 1 unspecified atom stereocenters. The first-order valence-electron chi connectivity index (χ1n) is 8.00. The minimum atomic E-state index is -1.05. The molecule has 5 nitrogen and oxygen atoms in total. The van der Waals surface area contributed by atoms with Crippen molar-refractivity contribution in [1.29, 1.82) is 0 Å². The first-order chi connectivity index (χ1) is 10.9. The van der Waals surface area contributed by atoms with Gasteiger partial charge in [-0.05, 0) is 17.9 Å². The minimum absolute atomic E-state index is 0.0864.